The Morgan fingerprint density at radius 2 is 1.36 bits per heavy atom. The van der Waals surface area contributed by atoms with Crippen LogP contribution in [0.25, 0.3) is 0 Å². The van der Waals surface area contributed by atoms with Gasteiger partial charge in [-0.05, 0) is 24.3 Å². The third-order valence-corrected chi connectivity index (χ3v) is 4.11. The van der Waals surface area contributed by atoms with Crippen LogP contribution in [0.2, 0.25) is 0 Å². The van der Waals surface area contributed by atoms with E-state index in [9.17, 15) is 9.59 Å². The molecule has 144 valence electrons. The minimum atomic E-state index is -0.477. The van der Waals surface area contributed by atoms with Crippen LogP contribution in [0, 0.1) is 0 Å². The van der Waals surface area contributed by atoms with Crippen molar-refractivity contribution in [3.63, 3.8) is 0 Å². The maximum Gasteiger partial charge on any atom is 0.274 e. The zero-order chi connectivity index (χ0) is 20.1. The van der Waals surface area contributed by atoms with Gasteiger partial charge in [0.2, 0.25) is 0 Å². The highest BCUT2D eigenvalue weighted by Crippen LogP contribution is 2.26. The molecule has 0 saturated heterocycles. The number of nitrogens with one attached hydrogen (secondary N) is 2. The largest absolute Gasteiger partial charge is 0.495 e. The Balaban J connectivity index is 1.87. The van der Waals surface area contributed by atoms with Crippen LogP contribution in [0.5, 0.6) is 11.5 Å². The minimum absolute atomic E-state index is 0.123. The van der Waals surface area contributed by atoms with Crippen molar-refractivity contribution < 1.29 is 19.1 Å². The Morgan fingerprint density at radius 3 is 1.89 bits per heavy atom. The zero-order valence-electron chi connectivity index (χ0n) is 15.7. The summed E-state index contributed by atoms with van der Waals surface area (Å²) in [4.78, 5) is 25.6. The van der Waals surface area contributed by atoms with Crippen LogP contribution in [0.3, 0.4) is 0 Å². The molecule has 0 spiro atoms. The molecule has 1 heterocycles. The number of aromatic nitrogens is 2. The second-order valence-corrected chi connectivity index (χ2v) is 5.84. The Morgan fingerprint density at radius 1 is 0.857 bits per heavy atom. The molecule has 3 rings (SSSR count). The Kier molecular flexibility index (Phi) is 5.59. The van der Waals surface area contributed by atoms with E-state index < -0.39 is 11.8 Å². The first-order chi connectivity index (χ1) is 13.5. The number of ether oxygens (including phenoxy) is 2. The average Bonchev–Trinajstić information content (AvgIpc) is 3.10. The van der Waals surface area contributed by atoms with Gasteiger partial charge in [-0.15, -0.1) is 0 Å². The lowest BCUT2D eigenvalue weighted by Crippen LogP contribution is -2.22. The van der Waals surface area contributed by atoms with E-state index in [1.807, 2.05) is 0 Å². The van der Waals surface area contributed by atoms with Gasteiger partial charge in [-0.2, -0.15) is 5.10 Å². The minimum Gasteiger partial charge on any atom is -0.495 e. The van der Waals surface area contributed by atoms with Crippen molar-refractivity contribution in [2.75, 3.05) is 24.9 Å². The number of hydrogen-bond donors (Lipinski definition) is 2. The lowest BCUT2D eigenvalue weighted by atomic mass is 10.2. The highest BCUT2D eigenvalue weighted by Gasteiger charge is 2.23. The van der Waals surface area contributed by atoms with Gasteiger partial charge in [0.15, 0.2) is 0 Å². The van der Waals surface area contributed by atoms with Gasteiger partial charge in [0.05, 0.1) is 37.4 Å². The average molecular weight is 380 g/mol. The van der Waals surface area contributed by atoms with Crippen LogP contribution >= 0.6 is 0 Å². The lowest BCUT2D eigenvalue weighted by molar-refractivity contribution is 0.0985. The SMILES string of the molecule is COc1ccccc1NC(=O)c1cnn(C)c1C(=O)Nc1ccccc1OC. The van der Waals surface area contributed by atoms with E-state index >= 15 is 0 Å². The third kappa shape index (κ3) is 3.80. The third-order valence-electron chi connectivity index (χ3n) is 4.11. The first-order valence-corrected chi connectivity index (χ1v) is 8.46. The summed E-state index contributed by atoms with van der Waals surface area (Å²) in [5, 5.41) is 9.57. The van der Waals surface area contributed by atoms with Gasteiger partial charge >= 0.3 is 0 Å². The first-order valence-electron chi connectivity index (χ1n) is 8.46. The maximum absolute atomic E-state index is 12.8. The number of benzene rings is 2. The molecule has 0 bridgehead atoms. The van der Waals surface area contributed by atoms with Gasteiger partial charge in [0.1, 0.15) is 17.2 Å². The predicted octanol–water partition coefficient (Wildman–Crippen LogP) is 2.94. The van der Waals surface area contributed by atoms with Crippen LogP contribution in [0.4, 0.5) is 11.4 Å². The van der Waals surface area contributed by atoms with Crippen LogP contribution in [0.1, 0.15) is 20.8 Å². The predicted molar refractivity (Wildman–Crippen MR) is 105 cm³/mol. The molecule has 1 aromatic heterocycles. The highest BCUT2D eigenvalue weighted by atomic mass is 16.5. The molecule has 0 unspecified atom stereocenters. The second-order valence-electron chi connectivity index (χ2n) is 5.84. The van der Waals surface area contributed by atoms with E-state index in [4.69, 9.17) is 9.47 Å². The molecule has 2 aromatic carbocycles. The maximum atomic E-state index is 12.8. The quantitative estimate of drug-likeness (QED) is 0.686. The summed E-state index contributed by atoms with van der Waals surface area (Å²) in [7, 11) is 4.62. The van der Waals surface area contributed by atoms with E-state index in [1.165, 1.54) is 25.1 Å². The standard InChI is InChI=1S/C20H20N4O4/c1-24-18(20(26)23-15-9-5-7-11-17(15)28-3)13(12-21-24)19(25)22-14-8-4-6-10-16(14)27-2/h4-12H,1-3H3,(H,22,25)(H,23,26). The summed E-state index contributed by atoms with van der Waals surface area (Å²) in [5.74, 6) is 0.0789. The molecule has 0 radical (unpaired) electrons. The van der Waals surface area contributed by atoms with Crippen LogP contribution < -0.4 is 20.1 Å². The van der Waals surface area contributed by atoms with Gasteiger partial charge in [-0.1, -0.05) is 24.3 Å². The molecule has 0 atom stereocenters. The second kappa shape index (κ2) is 8.26. The topological polar surface area (TPSA) is 94.5 Å². The van der Waals surface area contributed by atoms with Crippen molar-refractivity contribution in [1.29, 1.82) is 0 Å². The summed E-state index contributed by atoms with van der Waals surface area (Å²) in [6.07, 6.45) is 1.35. The summed E-state index contributed by atoms with van der Waals surface area (Å²) >= 11 is 0. The number of nitrogens with zero attached hydrogens (tertiary/aromatic N) is 2. The Bertz CT molecular complexity index is 1010. The van der Waals surface area contributed by atoms with E-state index in [2.05, 4.69) is 15.7 Å². The van der Waals surface area contributed by atoms with E-state index in [-0.39, 0.29) is 11.3 Å². The van der Waals surface area contributed by atoms with Crippen molar-refractivity contribution >= 4 is 23.2 Å². The van der Waals surface area contributed by atoms with Crippen LogP contribution in [-0.4, -0.2) is 35.8 Å². The number of hydrogen-bond acceptors (Lipinski definition) is 5. The normalized spacial score (nSPS) is 10.2. The Labute approximate surface area is 162 Å². The molecule has 0 aliphatic heterocycles. The van der Waals surface area contributed by atoms with E-state index in [0.717, 1.165) is 0 Å². The fourth-order valence-corrected chi connectivity index (χ4v) is 2.74. The summed E-state index contributed by atoms with van der Waals surface area (Å²) < 4.78 is 11.8. The fraction of sp³-hybridized carbons (Fsp3) is 0.150. The Hall–Kier alpha value is -3.81. The van der Waals surface area contributed by atoms with Crippen LogP contribution in [-0.2, 0) is 7.05 Å². The summed E-state index contributed by atoms with van der Waals surface area (Å²) in [6.45, 7) is 0. The molecule has 0 saturated carbocycles. The molecular formula is C20H20N4O4. The molecule has 0 aliphatic rings. The van der Waals surface area contributed by atoms with Crippen molar-refractivity contribution in [2.45, 2.75) is 0 Å². The molecule has 3 aromatic rings. The van der Waals surface area contributed by atoms with Crippen molar-refractivity contribution in [3.05, 3.63) is 66.0 Å². The molecule has 2 N–H and O–H groups in total. The summed E-state index contributed by atoms with van der Waals surface area (Å²) in [6, 6.07) is 14.0. The number of carbonyl (C=O) groups is 2. The molecule has 2 amide bonds. The molecule has 8 nitrogen and oxygen atoms in total. The van der Waals surface area contributed by atoms with Gasteiger partial charge in [0.25, 0.3) is 11.8 Å². The van der Waals surface area contributed by atoms with E-state index in [0.29, 0.717) is 22.9 Å². The summed E-state index contributed by atoms with van der Waals surface area (Å²) in [5.41, 5.74) is 1.25. The number of carbonyl (C=O) groups excluding carboxylic acids is 2. The molecule has 8 heteroatoms. The molecule has 0 fully saturated rings. The van der Waals surface area contributed by atoms with Crippen molar-refractivity contribution in [2.24, 2.45) is 7.05 Å². The van der Waals surface area contributed by atoms with Crippen molar-refractivity contribution in [1.82, 2.24) is 9.78 Å². The smallest absolute Gasteiger partial charge is 0.274 e. The molecule has 0 aliphatic carbocycles. The molecular weight excluding hydrogens is 360 g/mol. The number of rotatable bonds is 6. The highest BCUT2D eigenvalue weighted by molar-refractivity contribution is 6.14. The zero-order valence-corrected chi connectivity index (χ0v) is 15.7. The number of amides is 2. The number of para-hydroxylation sites is 4. The van der Waals surface area contributed by atoms with Gasteiger partial charge in [0, 0.05) is 7.05 Å². The monoisotopic (exact) mass is 380 g/mol. The van der Waals surface area contributed by atoms with Gasteiger partial charge in [-0.25, -0.2) is 0 Å². The van der Waals surface area contributed by atoms with Gasteiger partial charge in [-0.3, -0.25) is 14.3 Å². The first kappa shape index (κ1) is 19.0. The number of anilines is 2. The molecule has 28 heavy (non-hydrogen) atoms. The number of methoxy groups -OCH3 is 2. The van der Waals surface area contributed by atoms with E-state index in [1.54, 1.807) is 55.6 Å². The van der Waals surface area contributed by atoms with Gasteiger partial charge < -0.3 is 20.1 Å². The van der Waals surface area contributed by atoms with Crippen LogP contribution in [0.15, 0.2) is 54.7 Å². The fourth-order valence-electron chi connectivity index (χ4n) is 2.74. The number of aryl methyl sites for hydroxylation is 1. The lowest BCUT2D eigenvalue weighted by Gasteiger charge is -2.12. The van der Waals surface area contributed by atoms with Crippen molar-refractivity contribution in [3.8, 4) is 11.5 Å².